The molecule has 2 aromatic heterocycles. The highest BCUT2D eigenvalue weighted by Crippen LogP contribution is 2.34. The lowest BCUT2D eigenvalue weighted by Gasteiger charge is -2.21. The van der Waals surface area contributed by atoms with Crippen molar-refractivity contribution < 1.29 is 8.78 Å². The minimum atomic E-state index is -0.649. The fraction of sp³-hybridized carbons (Fsp3) is 0.231. The van der Waals surface area contributed by atoms with Gasteiger partial charge in [0.15, 0.2) is 0 Å². The topological polar surface area (TPSA) is 90.1 Å². The van der Waals surface area contributed by atoms with E-state index in [1.165, 1.54) is 53.4 Å². The van der Waals surface area contributed by atoms with Crippen LogP contribution in [-0.4, -0.2) is 18.7 Å². The lowest BCUT2D eigenvalue weighted by atomic mass is 10.1. The monoisotopic (exact) mass is 649 g/mol. The highest BCUT2D eigenvalue weighted by molar-refractivity contribution is 14.1. The third-order valence-electron chi connectivity index (χ3n) is 6.46. The molecule has 2 N–H and O–H groups in total. The van der Waals surface area contributed by atoms with Gasteiger partial charge in [0.2, 0.25) is 0 Å². The average Bonchev–Trinajstić information content (AvgIpc) is 3.68. The van der Waals surface area contributed by atoms with Gasteiger partial charge in [-0.15, -0.1) is 0 Å². The molecular formula is C26H22F2IN5O3S. The molecule has 2 aromatic carbocycles. The van der Waals surface area contributed by atoms with Crippen LogP contribution in [0.25, 0.3) is 16.6 Å². The Balaban J connectivity index is 1.91. The molecule has 196 valence electrons. The first-order valence-corrected chi connectivity index (χ1v) is 13.2. The van der Waals surface area contributed by atoms with E-state index in [-0.39, 0.29) is 45.4 Å². The van der Waals surface area contributed by atoms with Crippen LogP contribution in [0.3, 0.4) is 0 Å². The van der Waals surface area contributed by atoms with E-state index in [1.54, 1.807) is 13.0 Å². The van der Waals surface area contributed by atoms with Gasteiger partial charge in [0.1, 0.15) is 22.8 Å². The Morgan fingerprint density at radius 2 is 1.74 bits per heavy atom. The molecule has 38 heavy (non-hydrogen) atoms. The Morgan fingerprint density at radius 3 is 2.37 bits per heavy atom. The van der Waals surface area contributed by atoms with Gasteiger partial charge in [0.25, 0.3) is 11.1 Å². The highest BCUT2D eigenvalue weighted by Gasteiger charge is 2.31. The Labute approximate surface area is 234 Å². The predicted molar refractivity (Wildman–Crippen MR) is 156 cm³/mol. The van der Waals surface area contributed by atoms with Crippen molar-refractivity contribution in [3.8, 4) is 5.69 Å². The number of hydrogen-bond donors (Lipinski definition) is 2. The summed E-state index contributed by atoms with van der Waals surface area (Å²) in [7, 11) is 1.47. The molecule has 0 spiro atoms. The van der Waals surface area contributed by atoms with Gasteiger partial charge in [-0.05, 0) is 85.7 Å². The molecule has 1 fully saturated rings. The number of anilines is 3. The first-order valence-electron chi connectivity index (χ1n) is 11.7. The summed E-state index contributed by atoms with van der Waals surface area (Å²) in [6.45, 7) is 3.10. The molecule has 1 saturated carbocycles. The van der Waals surface area contributed by atoms with Crippen LogP contribution in [0.1, 0.15) is 31.4 Å². The second kappa shape index (κ2) is 9.73. The third kappa shape index (κ3) is 4.45. The Hall–Kier alpha value is -3.39. The number of rotatable bonds is 5. The average molecular weight is 649 g/mol. The fourth-order valence-corrected chi connectivity index (χ4v) is 5.07. The van der Waals surface area contributed by atoms with Crippen molar-refractivity contribution in [3.05, 3.63) is 88.4 Å². The zero-order chi connectivity index (χ0) is 27.5. The summed E-state index contributed by atoms with van der Waals surface area (Å²) in [4.78, 5) is 41.3. The first-order chi connectivity index (χ1) is 18.0. The number of nitrogens with zero attached hydrogens (tertiary/aromatic N) is 3. The molecule has 0 amide bonds. The van der Waals surface area contributed by atoms with E-state index in [2.05, 4.69) is 10.6 Å². The summed E-state index contributed by atoms with van der Waals surface area (Å²) in [5.41, 5.74) is -1.20. The second-order valence-corrected chi connectivity index (χ2v) is 11.0. The van der Waals surface area contributed by atoms with Gasteiger partial charge >= 0.3 is 5.69 Å². The van der Waals surface area contributed by atoms with Crippen LogP contribution in [0.2, 0.25) is 0 Å². The standard InChI is InChI=1S/C26H22F2IN5O3S/c1-12-22-21(23(32(3)24(12)35)31-19-9-4-14(29)10-18(19)28)25(36)34(15-5-6-15)26(37)33(22)16-7-8-17(27)20(11-16)30-13(2)38/h4,7-11,15,31H,5-6H2,1-3H3,(H,30,38). The maximum absolute atomic E-state index is 14.8. The van der Waals surface area contributed by atoms with Crippen molar-refractivity contribution >= 4 is 67.9 Å². The number of aromatic nitrogens is 3. The van der Waals surface area contributed by atoms with E-state index >= 15 is 0 Å². The summed E-state index contributed by atoms with van der Waals surface area (Å²) < 4.78 is 33.7. The fourth-order valence-electron chi connectivity index (χ4n) is 4.51. The molecule has 0 unspecified atom stereocenters. The molecule has 0 atom stereocenters. The minimum Gasteiger partial charge on any atom is -0.348 e. The molecular weight excluding hydrogens is 627 g/mol. The van der Waals surface area contributed by atoms with Crippen LogP contribution < -0.4 is 27.4 Å². The quantitative estimate of drug-likeness (QED) is 0.237. The molecule has 0 saturated heterocycles. The zero-order valence-electron chi connectivity index (χ0n) is 20.6. The van der Waals surface area contributed by atoms with E-state index in [9.17, 15) is 23.2 Å². The second-order valence-electron chi connectivity index (χ2n) is 9.18. The van der Waals surface area contributed by atoms with Gasteiger partial charge in [0, 0.05) is 22.2 Å². The van der Waals surface area contributed by atoms with Crippen LogP contribution in [0, 0.1) is 22.1 Å². The molecule has 0 radical (unpaired) electrons. The van der Waals surface area contributed by atoms with Crippen molar-refractivity contribution in [2.75, 3.05) is 10.6 Å². The van der Waals surface area contributed by atoms with Crippen molar-refractivity contribution in [2.24, 2.45) is 7.05 Å². The summed E-state index contributed by atoms with van der Waals surface area (Å²) in [6, 6.07) is 8.17. The van der Waals surface area contributed by atoms with Gasteiger partial charge in [-0.3, -0.25) is 23.3 Å². The number of thiocarbonyl (C=S) groups is 1. The molecule has 5 rings (SSSR count). The number of nitrogens with one attached hydrogen (secondary N) is 2. The lowest BCUT2D eigenvalue weighted by Crippen LogP contribution is -2.41. The number of hydrogen-bond acceptors (Lipinski definition) is 5. The Bertz CT molecular complexity index is 1840. The van der Waals surface area contributed by atoms with E-state index in [4.69, 9.17) is 12.2 Å². The summed E-state index contributed by atoms with van der Waals surface area (Å²) in [6.07, 6.45) is 1.28. The number of halogens is 3. The normalized spacial score (nSPS) is 13.1. The first kappa shape index (κ1) is 26.2. The highest BCUT2D eigenvalue weighted by atomic mass is 127. The van der Waals surface area contributed by atoms with E-state index < -0.39 is 28.4 Å². The van der Waals surface area contributed by atoms with E-state index in [0.717, 1.165) is 4.57 Å². The number of aryl methyl sites for hydroxylation is 1. The molecule has 1 aliphatic rings. The summed E-state index contributed by atoms with van der Waals surface area (Å²) in [5, 5.41) is 5.71. The maximum Gasteiger partial charge on any atom is 0.336 e. The van der Waals surface area contributed by atoms with Crippen LogP contribution in [0.5, 0.6) is 0 Å². The molecule has 0 aliphatic heterocycles. The smallest absolute Gasteiger partial charge is 0.336 e. The Kier molecular flexibility index (Phi) is 6.71. The largest absolute Gasteiger partial charge is 0.348 e. The zero-order valence-corrected chi connectivity index (χ0v) is 23.5. The van der Waals surface area contributed by atoms with Crippen molar-refractivity contribution in [2.45, 2.75) is 32.7 Å². The SMILES string of the molecule is CC(=S)Nc1cc(-n2c(=O)n(C3CC3)c(=O)c3c(Nc4ccc(I)cc4F)n(C)c(=O)c(C)c32)ccc1F. The summed E-state index contributed by atoms with van der Waals surface area (Å²) in [5.74, 6) is -1.12. The van der Waals surface area contributed by atoms with E-state index in [0.29, 0.717) is 21.4 Å². The van der Waals surface area contributed by atoms with Crippen molar-refractivity contribution in [1.29, 1.82) is 0 Å². The lowest BCUT2D eigenvalue weighted by molar-refractivity contribution is 0.628. The van der Waals surface area contributed by atoms with Crippen LogP contribution in [0.15, 0.2) is 50.8 Å². The summed E-state index contributed by atoms with van der Waals surface area (Å²) >= 11 is 7.03. The van der Waals surface area contributed by atoms with E-state index in [1.807, 2.05) is 22.6 Å². The molecule has 0 bridgehead atoms. The van der Waals surface area contributed by atoms with Crippen LogP contribution >= 0.6 is 34.8 Å². The van der Waals surface area contributed by atoms with Crippen LogP contribution in [-0.2, 0) is 7.05 Å². The number of benzene rings is 2. The minimum absolute atomic E-state index is 0.0406. The van der Waals surface area contributed by atoms with Gasteiger partial charge in [-0.25, -0.2) is 13.6 Å². The molecule has 4 aromatic rings. The van der Waals surface area contributed by atoms with Crippen molar-refractivity contribution in [1.82, 2.24) is 13.7 Å². The molecule has 1 aliphatic carbocycles. The molecule has 12 heteroatoms. The predicted octanol–water partition coefficient (Wildman–Crippen LogP) is 4.88. The third-order valence-corrected chi connectivity index (χ3v) is 7.23. The van der Waals surface area contributed by atoms with Crippen LogP contribution in [0.4, 0.5) is 26.0 Å². The van der Waals surface area contributed by atoms with Gasteiger partial charge in [-0.2, -0.15) is 0 Å². The molecule has 2 heterocycles. The Morgan fingerprint density at radius 1 is 1.03 bits per heavy atom. The molecule has 8 nitrogen and oxygen atoms in total. The van der Waals surface area contributed by atoms with Gasteiger partial charge in [-0.1, -0.05) is 12.2 Å². The number of fused-ring (bicyclic) bond motifs is 1. The number of pyridine rings is 1. The van der Waals surface area contributed by atoms with Gasteiger partial charge < -0.3 is 10.6 Å². The maximum atomic E-state index is 14.8. The van der Waals surface area contributed by atoms with Crippen molar-refractivity contribution in [3.63, 3.8) is 0 Å². The van der Waals surface area contributed by atoms with Gasteiger partial charge in [0.05, 0.1) is 27.6 Å².